The second-order valence-electron chi connectivity index (χ2n) is 6.82. The van der Waals surface area contributed by atoms with E-state index in [0.29, 0.717) is 19.3 Å². The molecule has 2 fully saturated rings. The average Bonchev–Trinajstić information content (AvgIpc) is 3.33. The molecular weight excluding hydrogens is 332 g/mol. The lowest BCUT2D eigenvalue weighted by molar-refractivity contribution is 0.138. The molecule has 0 unspecified atom stereocenters. The molecule has 26 heavy (non-hydrogen) atoms. The zero-order valence-corrected chi connectivity index (χ0v) is 15.1. The van der Waals surface area contributed by atoms with Crippen molar-refractivity contribution >= 4 is 5.82 Å². The van der Waals surface area contributed by atoms with Gasteiger partial charge in [0.1, 0.15) is 11.9 Å². The van der Waals surface area contributed by atoms with E-state index >= 15 is 0 Å². The van der Waals surface area contributed by atoms with Crippen LogP contribution in [0.4, 0.5) is 5.82 Å². The molecule has 0 amide bonds. The lowest BCUT2D eigenvalue weighted by atomic mass is 10.0. The van der Waals surface area contributed by atoms with Gasteiger partial charge in [-0.1, -0.05) is 0 Å². The van der Waals surface area contributed by atoms with Crippen LogP contribution in [0.3, 0.4) is 0 Å². The first kappa shape index (κ1) is 17.2. The molecule has 4 heterocycles. The van der Waals surface area contributed by atoms with E-state index in [9.17, 15) is 0 Å². The Labute approximate surface area is 153 Å². The summed E-state index contributed by atoms with van der Waals surface area (Å²) >= 11 is 0. The molecule has 2 aromatic rings. The Kier molecular flexibility index (Phi) is 5.31. The average molecular weight is 358 g/mol. The molecule has 2 aliphatic rings. The Morgan fingerprint density at radius 3 is 2.85 bits per heavy atom. The van der Waals surface area contributed by atoms with Crippen molar-refractivity contribution in [2.45, 2.75) is 44.5 Å². The molecule has 0 aliphatic carbocycles. The third-order valence-electron chi connectivity index (χ3n) is 5.07. The molecule has 0 saturated carbocycles. The van der Waals surface area contributed by atoms with Gasteiger partial charge in [-0.3, -0.25) is 9.67 Å². The Hall–Kier alpha value is -2.19. The highest BCUT2D eigenvalue weighted by Gasteiger charge is 2.33. The van der Waals surface area contributed by atoms with Crippen molar-refractivity contribution in [3.8, 4) is 5.75 Å². The Morgan fingerprint density at radius 1 is 1.23 bits per heavy atom. The molecule has 1 N–H and O–H groups in total. The molecule has 8 heteroatoms. The minimum Gasteiger partial charge on any atom is -0.483 e. The van der Waals surface area contributed by atoms with Gasteiger partial charge in [0.2, 0.25) is 0 Å². The van der Waals surface area contributed by atoms with E-state index < -0.39 is 0 Å². The fraction of sp³-hybridized carbons (Fsp3) is 0.611. The highest BCUT2D eigenvalue weighted by molar-refractivity contribution is 5.35. The van der Waals surface area contributed by atoms with Crippen LogP contribution in [0.25, 0.3) is 0 Å². The van der Waals surface area contributed by atoms with Crippen LogP contribution in [0.5, 0.6) is 5.75 Å². The Balaban J connectivity index is 1.28. The maximum atomic E-state index is 6.10. The van der Waals surface area contributed by atoms with Crippen LogP contribution in [0.1, 0.15) is 19.8 Å². The van der Waals surface area contributed by atoms with Gasteiger partial charge in [-0.05, 0) is 19.8 Å². The second kappa shape index (κ2) is 8.01. The minimum atomic E-state index is 0.0301. The summed E-state index contributed by atoms with van der Waals surface area (Å²) in [5.74, 6) is 1.77. The fourth-order valence-corrected chi connectivity index (χ4v) is 3.59. The van der Waals surface area contributed by atoms with Crippen molar-refractivity contribution in [1.82, 2.24) is 25.1 Å². The topological polar surface area (TPSA) is 77.3 Å². The fourth-order valence-electron chi connectivity index (χ4n) is 3.59. The molecule has 140 valence electrons. The summed E-state index contributed by atoms with van der Waals surface area (Å²) < 4.78 is 13.6. The zero-order chi connectivity index (χ0) is 17.8. The molecule has 0 radical (unpaired) electrons. The number of nitrogens with zero attached hydrogens (tertiary/aromatic N) is 5. The molecular formula is C18H26N6O2. The van der Waals surface area contributed by atoms with Crippen LogP contribution >= 0.6 is 0 Å². The number of aromatic nitrogens is 4. The quantitative estimate of drug-likeness (QED) is 0.828. The maximum Gasteiger partial charge on any atom is 0.157 e. The van der Waals surface area contributed by atoms with Crippen LogP contribution in [-0.2, 0) is 11.3 Å². The first-order valence-corrected chi connectivity index (χ1v) is 9.35. The van der Waals surface area contributed by atoms with E-state index in [0.717, 1.165) is 44.0 Å². The van der Waals surface area contributed by atoms with Gasteiger partial charge in [0.25, 0.3) is 0 Å². The molecule has 2 aliphatic heterocycles. The van der Waals surface area contributed by atoms with E-state index in [1.807, 2.05) is 17.1 Å². The van der Waals surface area contributed by atoms with Crippen LogP contribution in [0, 0.1) is 0 Å². The molecule has 0 aromatic carbocycles. The van der Waals surface area contributed by atoms with Crippen LogP contribution < -0.4 is 15.0 Å². The van der Waals surface area contributed by atoms with Crippen LogP contribution in [0.2, 0.25) is 0 Å². The lowest BCUT2D eigenvalue weighted by Crippen LogP contribution is -2.51. The molecule has 2 atom stereocenters. The van der Waals surface area contributed by atoms with E-state index in [-0.39, 0.29) is 12.1 Å². The van der Waals surface area contributed by atoms with Gasteiger partial charge in [0.15, 0.2) is 5.75 Å². The summed E-state index contributed by atoms with van der Waals surface area (Å²) in [7, 11) is 0. The standard InChI is InChI=1S/C18H26N6O2/c1-2-24-11-15(9-21-24)26-17-13-25-12-16(17)22-14-3-7-23(8-4-14)18-10-19-5-6-20-18/h5-6,9-11,14,16-17,22H,2-4,7-8,12-13H2,1H3/t16-,17+/m0/s1. The predicted molar refractivity (Wildman–Crippen MR) is 97.3 cm³/mol. The number of rotatable bonds is 6. The molecule has 8 nitrogen and oxygen atoms in total. The maximum absolute atomic E-state index is 6.10. The van der Waals surface area contributed by atoms with E-state index in [2.05, 4.69) is 32.2 Å². The van der Waals surface area contributed by atoms with Gasteiger partial charge in [0.05, 0.1) is 37.8 Å². The lowest BCUT2D eigenvalue weighted by Gasteiger charge is -2.35. The van der Waals surface area contributed by atoms with E-state index in [1.165, 1.54) is 0 Å². The number of anilines is 1. The summed E-state index contributed by atoms with van der Waals surface area (Å²) in [4.78, 5) is 10.8. The third kappa shape index (κ3) is 3.96. The van der Waals surface area contributed by atoms with Gasteiger partial charge < -0.3 is 19.7 Å². The highest BCUT2D eigenvalue weighted by atomic mass is 16.5. The SMILES string of the molecule is CCn1cc(O[C@@H]2COC[C@@H]2NC2CCN(c3cnccn3)CC2)cn1. The summed E-state index contributed by atoms with van der Waals surface area (Å²) in [5.41, 5.74) is 0. The Morgan fingerprint density at radius 2 is 2.12 bits per heavy atom. The second-order valence-corrected chi connectivity index (χ2v) is 6.82. The third-order valence-corrected chi connectivity index (χ3v) is 5.07. The van der Waals surface area contributed by atoms with Crippen molar-refractivity contribution < 1.29 is 9.47 Å². The normalized spacial score (nSPS) is 24.1. The Bertz CT molecular complexity index is 686. The summed E-state index contributed by atoms with van der Waals surface area (Å²) in [6, 6.07) is 0.687. The molecule has 4 rings (SSSR count). The first-order chi connectivity index (χ1) is 12.8. The number of piperidine rings is 1. The predicted octanol–water partition coefficient (Wildman–Crippen LogP) is 1.10. The van der Waals surface area contributed by atoms with Crippen LogP contribution in [0.15, 0.2) is 31.0 Å². The number of ether oxygens (including phenoxy) is 2. The summed E-state index contributed by atoms with van der Waals surface area (Å²) in [5, 5.41) is 8.01. The number of hydrogen-bond donors (Lipinski definition) is 1. The van der Waals surface area contributed by atoms with E-state index in [4.69, 9.17) is 9.47 Å². The minimum absolute atomic E-state index is 0.0301. The number of nitrogens with one attached hydrogen (secondary N) is 1. The highest BCUT2D eigenvalue weighted by Crippen LogP contribution is 2.20. The van der Waals surface area contributed by atoms with Crippen LogP contribution in [-0.4, -0.2) is 64.2 Å². The van der Waals surface area contributed by atoms with Crippen molar-refractivity contribution in [3.05, 3.63) is 31.0 Å². The molecule has 0 bridgehead atoms. The first-order valence-electron chi connectivity index (χ1n) is 9.35. The monoisotopic (exact) mass is 358 g/mol. The van der Waals surface area contributed by atoms with E-state index in [1.54, 1.807) is 18.6 Å². The zero-order valence-electron chi connectivity index (χ0n) is 15.1. The van der Waals surface area contributed by atoms with Gasteiger partial charge >= 0.3 is 0 Å². The molecule has 0 spiro atoms. The number of hydrogen-bond acceptors (Lipinski definition) is 7. The van der Waals surface area contributed by atoms with Gasteiger partial charge in [-0.2, -0.15) is 5.10 Å². The smallest absolute Gasteiger partial charge is 0.157 e. The summed E-state index contributed by atoms with van der Waals surface area (Å²) in [6.45, 7) is 6.19. The van der Waals surface area contributed by atoms with Gasteiger partial charge in [-0.25, -0.2) is 4.98 Å². The largest absolute Gasteiger partial charge is 0.483 e. The molecule has 2 aromatic heterocycles. The number of aryl methyl sites for hydroxylation is 1. The molecule has 2 saturated heterocycles. The summed E-state index contributed by atoms with van der Waals surface area (Å²) in [6.07, 6.45) is 11.2. The van der Waals surface area contributed by atoms with Crippen molar-refractivity contribution in [1.29, 1.82) is 0 Å². The van der Waals surface area contributed by atoms with Crippen molar-refractivity contribution in [2.75, 3.05) is 31.2 Å². The van der Waals surface area contributed by atoms with Gasteiger partial charge in [-0.15, -0.1) is 0 Å². The van der Waals surface area contributed by atoms with Crippen molar-refractivity contribution in [2.24, 2.45) is 0 Å². The van der Waals surface area contributed by atoms with Crippen molar-refractivity contribution in [3.63, 3.8) is 0 Å². The van der Waals surface area contributed by atoms with Gasteiger partial charge in [0, 0.05) is 38.1 Å².